The van der Waals surface area contributed by atoms with Crippen LogP contribution in [0.3, 0.4) is 0 Å². The Labute approximate surface area is 191 Å². The Morgan fingerprint density at radius 1 is 1.12 bits per heavy atom. The zero-order valence-electron chi connectivity index (χ0n) is 20.0. The number of carbonyl (C=O) groups is 2. The lowest BCUT2D eigenvalue weighted by atomic mass is 9.82. The van der Waals surface area contributed by atoms with E-state index in [4.69, 9.17) is 14.2 Å². The first-order chi connectivity index (χ1) is 15.5. The molecule has 182 valence electrons. The summed E-state index contributed by atoms with van der Waals surface area (Å²) in [4.78, 5) is 22.7. The standard InChI is InChI=1S/C20H27FN2O5.2C2H6/c1-3-19(24)23-13-15-10-17(11-15)28-20(25)22-6-7-26-8-9-27-18-12-16(21)5-4-14(18)2;2*1-2/h3-5,12,15,17H,1,6-11,13H2,2H3,(H,22,25)(H,23,24);2*1-2H3. The van der Waals surface area contributed by atoms with Gasteiger partial charge in [-0.25, -0.2) is 9.18 Å². The molecule has 1 aromatic carbocycles. The number of benzene rings is 1. The molecule has 0 unspecified atom stereocenters. The van der Waals surface area contributed by atoms with E-state index in [-0.39, 0.29) is 17.8 Å². The highest BCUT2D eigenvalue weighted by molar-refractivity contribution is 5.86. The zero-order valence-corrected chi connectivity index (χ0v) is 20.0. The van der Waals surface area contributed by atoms with Gasteiger partial charge in [0.05, 0.1) is 13.2 Å². The van der Waals surface area contributed by atoms with Gasteiger partial charge in [0.1, 0.15) is 24.3 Å². The Morgan fingerprint density at radius 2 is 1.81 bits per heavy atom. The SMILES string of the molecule is C=CC(=O)NCC1CC(OC(=O)NCCOCCOc2cc(F)ccc2C)C1.CC.CC. The van der Waals surface area contributed by atoms with E-state index in [0.717, 1.165) is 18.4 Å². The maximum Gasteiger partial charge on any atom is 0.407 e. The summed E-state index contributed by atoms with van der Waals surface area (Å²) < 4.78 is 29.2. The van der Waals surface area contributed by atoms with Crippen LogP contribution in [0.4, 0.5) is 9.18 Å². The normalized spacial score (nSPS) is 16.1. The quantitative estimate of drug-likeness (QED) is 0.383. The van der Waals surface area contributed by atoms with E-state index in [1.807, 2.05) is 34.6 Å². The van der Waals surface area contributed by atoms with Crippen molar-refractivity contribution < 1.29 is 28.2 Å². The Kier molecular flexibility index (Phi) is 16.5. The zero-order chi connectivity index (χ0) is 24.4. The second kappa shape index (κ2) is 18.0. The summed E-state index contributed by atoms with van der Waals surface area (Å²) in [6.07, 6.45) is 2.11. The molecule has 2 N–H and O–H groups in total. The molecule has 2 rings (SSSR count). The van der Waals surface area contributed by atoms with Crippen LogP contribution in [0.2, 0.25) is 0 Å². The molecule has 0 spiro atoms. The van der Waals surface area contributed by atoms with Gasteiger partial charge in [-0.3, -0.25) is 4.79 Å². The van der Waals surface area contributed by atoms with Gasteiger partial charge in [-0.05, 0) is 43.4 Å². The van der Waals surface area contributed by atoms with Crippen molar-refractivity contribution in [2.45, 2.75) is 53.6 Å². The van der Waals surface area contributed by atoms with Crippen LogP contribution in [-0.2, 0) is 14.3 Å². The van der Waals surface area contributed by atoms with Crippen LogP contribution in [0.1, 0.15) is 46.1 Å². The van der Waals surface area contributed by atoms with Gasteiger partial charge in [0.2, 0.25) is 5.91 Å². The summed E-state index contributed by atoms with van der Waals surface area (Å²) in [6, 6.07) is 4.38. The van der Waals surface area contributed by atoms with Gasteiger partial charge in [-0.15, -0.1) is 0 Å². The van der Waals surface area contributed by atoms with Crippen molar-refractivity contribution in [1.82, 2.24) is 10.6 Å². The van der Waals surface area contributed by atoms with Crippen LogP contribution in [0.5, 0.6) is 5.75 Å². The van der Waals surface area contributed by atoms with E-state index in [0.29, 0.717) is 44.6 Å². The maximum absolute atomic E-state index is 13.1. The lowest BCUT2D eigenvalue weighted by Crippen LogP contribution is -2.42. The minimum Gasteiger partial charge on any atom is -0.491 e. The molecule has 32 heavy (non-hydrogen) atoms. The molecule has 0 heterocycles. The minimum absolute atomic E-state index is 0.116. The Morgan fingerprint density at radius 3 is 2.47 bits per heavy atom. The molecule has 0 bridgehead atoms. The van der Waals surface area contributed by atoms with Gasteiger partial charge in [0, 0.05) is 19.2 Å². The van der Waals surface area contributed by atoms with E-state index >= 15 is 0 Å². The summed E-state index contributed by atoms with van der Waals surface area (Å²) in [7, 11) is 0. The van der Waals surface area contributed by atoms with E-state index in [9.17, 15) is 14.0 Å². The predicted molar refractivity (Wildman–Crippen MR) is 124 cm³/mol. The molecule has 7 nitrogen and oxygen atoms in total. The highest BCUT2D eigenvalue weighted by Gasteiger charge is 2.32. The molecule has 0 aliphatic heterocycles. The first-order valence-electron chi connectivity index (χ1n) is 11.3. The van der Waals surface area contributed by atoms with E-state index in [1.54, 1.807) is 6.07 Å². The Hall–Kier alpha value is -2.61. The highest BCUT2D eigenvalue weighted by atomic mass is 19.1. The predicted octanol–water partition coefficient (Wildman–Crippen LogP) is 4.39. The van der Waals surface area contributed by atoms with Crippen molar-refractivity contribution in [3.8, 4) is 5.75 Å². The average Bonchev–Trinajstić information content (AvgIpc) is 2.79. The van der Waals surface area contributed by atoms with Gasteiger partial charge in [-0.2, -0.15) is 0 Å². The molecule has 8 heteroatoms. The number of amides is 2. The topological polar surface area (TPSA) is 85.9 Å². The second-order valence-electron chi connectivity index (χ2n) is 6.61. The minimum atomic E-state index is -0.478. The molecule has 0 radical (unpaired) electrons. The number of hydrogen-bond acceptors (Lipinski definition) is 5. The lowest BCUT2D eigenvalue weighted by Gasteiger charge is -2.34. The second-order valence-corrected chi connectivity index (χ2v) is 6.61. The summed E-state index contributed by atoms with van der Waals surface area (Å²) >= 11 is 0. The number of carbonyl (C=O) groups excluding carboxylic acids is 2. The molecule has 1 aromatic rings. The van der Waals surface area contributed by atoms with E-state index < -0.39 is 6.09 Å². The maximum atomic E-state index is 13.1. The molecule has 0 atom stereocenters. The lowest BCUT2D eigenvalue weighted by molar-refractivity contribution is -0.117. The summed E-state index contributed by atoms with van der Waals surface area (Å²) in [5.41, 5.74) is 0.854. The number of alkyl carbamates (subject to hydrolysis) is 1. The van der Waals surface area contributed by atoms with Gasteiger partial charge in [0.15, 0.2) is 0 Å². The molecule has 0 aromatic heterocycles. The van der Waals surface area contributed by atoms with Crippen molar-refractivity contribution in [3.63, 3.8) is 0 Å². The third-order valence-electron chi connectivity index (χ3n) is 4.37. The largest absolute Gasteiger partial charge is 0.491 e. The van der Waals surface area contributed by atoms with Crippen molar-refractivity contribution in [2.75, 3.05) is 32.9 Å². The third-order valence-corrected chi connectivity index (χ3v) is 4.37. The van der Waals surface area contributed by atoms with Crippen molar-refractivity contribution >= 4 is 12.0 Å². The number of ether oxygens (including phenoxy) is 3. The smallest absolute Gasteiger partial charge is 0.407 e. The monoisotopic (exact) mass is 454 g/mol. The van der Waals surface area contributed by atoms with Gasteiger partial charge in [-0.1, -0.05) is 40.3 Å². The molecule has 1 aliphatic rings. The summed E-state index contributed by atoms with van der Waals surface area (Å²) in [5.74, 6) is 0.280. The number of rotatable bonds is 11. The summed E-state index contributed by atoms with van der Waals surface area (Å²) in [6.45, 7) is 15.1. The first kappa shape index (κ1) is 29.4. The fraction of sp³-hybridized carbons (Fsp3) is 0.583. The fourth-order valence-corrected chi connectivity index (χ4v) is 2.71. The van der Waals surface area contributed by atoms with Crippen LogP contribution in [0, 0.1) is 18.7 Å². The highest BCUT2D eigenvalue weighted by Crippen LogP contribution is 2.29. The third kappa shape index (κ3) is 12.3. The number of aryl methyl sites for hydroxylation is 1. The molecule has 1 aliphatic carbocycles. The van der Waals surface area contributed by atoms with Crippen molar-refractivity contribution in [2.24, 2.45) is 5.92 Å². The molecular weight excluding hydrogens is 415 g/mol. The van der Waals surface area contributed by atoms with Gasteiger partial charge < -0.3 is 24.8 Å². The first-order valence-corrected chi connectivity index (χ1v) is 11.3. The summed E-state index contributed by atoms with van der Waals surface area (Å²) in [5, 5.41) is 5.35. The van der Waals surface area contributed by atoms with Crippen LogP contribution < -0.4 is 15.4 Å². The molecule has 1 saturated carbocycles. The number of hydrogen-bond donors (Lipinski definition) is 2. The van der Waals surface area contributed by atoms with Crippen molar-refractivity contribution in [1.29, 1.82) is 0 Å². The van der Waals surface area contributed by atoms with Crippen molar-refractivity contribution in [3.05, 3.63) is 42.2 Å². The van der Waals surface area contributed by atoms with E-state index in [2.05, 4.69) is 17.2 Å². The molecule has 1 fully saturated rings. The van der Waals surface area contributed by atoms with Crippen LogP contribution in [0.15, 0.2) is 30.9 Å². The van der Waals surface area contributed by atoms with Crippen LogP contribution in [-0.4, -0.2) is 51.0 Å². The van der Waals surface area contributed by atoms with Gasteiger partial charge in [0.25, 0.3) is 0 Å². The number of nitrogens with one attached hydrogen (secondary N) is 2. The van der Waals surface area contributed by atoms with Crippen LogP contribution in [0.25, 0.3) is 0 Å². The molecular formula is C24H39FN2O5. The fourth-order valence-electron chi connectivity index (χ4n) is 2.71. The molecule has 2 amide bonds. The van der Waals surface area contributed by atoms with E-state index in [1.165, 1.54) is 18.2 Å². The van der Waals surface area contributed by atoms with Crippen LogP contribution >= 0.6 is 0 Å². The molecule has 0 saturated heterocycles. The number of halogens is 1. The Bertz CT molecular complexity index is 678. The van der Waals surface area contributed by atoms with Gasteiger partial charge >= 0.3 is 6.09 Å². The Balaban J connectivity index is 0.00000227. The average molecular weight is 455 g/mol.